The molecular formula is C7H15NO2S. The highest BCUT2D eigenvalue weighted by atomic mass is 32.2. The molecule has 0 aliphatic heterocycles. The van der Waals surface area contributed by atoms with Crippen LogP contribution in [-0.4, -0.2) is 22.7 Å². The second-order valence-electron chi connectivity index (χ2n) is 2.96. The Balaban J connectivity index is 2.30. The van der Waals surface area contributed by atoms with E-state index in [4.69, 9.17) is 9.88 Å². The molecule has 1 aliphatic carbocycles. The van der Waals surface area contributed by atoms with Crippen LogP contribution < -0.4 is 5.14 Å². The molecule has 1 atom stereocenters. The predicted octanol–water partition coefficient (Wildman–Crippen LogP) is 0.566. The number of nitrogens with two attached hydrogens (primary N) is 1. The minimum Gasteiger partial charge on any atom is -0.381 e. The van der Waals surface area contributed by atoms with Crippen LogP contribution in [0.5, 0.6) is 0 Å². The number of methoxy groups -OCH3 is 1. The van der Waals surface area contributed by atoms with Crippen molar-refractivity contribution in [2.24, 2.45) is 5.14 Å². The highest BCUT2D eigenvalue weighted by Gasteiger charge is 2.23. The lowest BCUT2D eigenvalue weighted by Crippen LogP contribution is -2.29. The van der Waals surface area contributed by atoms with Crippen molar-refractivity contribution in [3.63, 3.8) is 0 Å². The lowest BCUT2D eigenvalue weighted by atomic mass is 9.97. The molecule has 0 aromatic carbocycles. The third-order valence-corrected chi connectivity index (χ3v) is 3.41. The highest BCUT2D eigenvalue weighted by Crippen LogP contribution is 2.22. The van der Waals surface area contributed by atoms with Gasteiger partial charge in [0.2, 0.25) is 0 Å². The van der Waals surface area contributed by atoms with Gasteiger partial charge >= 0.3 is 0 Å². The smallest absolute Gasteiger partial charge is 0.0919 e. The van der Waals surface area contributed by atoms with Crippen molar-refractivity contribution in [3.8, 4) is 0 Å². The normalized spacial score (nSPS) is 35.1. The van der Waals surface area contributed by atoms with Crippen LogP contribution >= 0.6 is 0 Å². The fraction of sp³-hybridized carbons (Fsp3) is 1.00. The molecule has 1 rings (SSSR count). The predicted molar refractivity (Wildman–Crippen MR) is 45.4 cm³/mol. The summed E-state index contributed by atoms with van der Waals surface area (Å²) in [6.45, 7) is 0. The summed E-state index contributed by atoms with van der Waals surface area (Å²) in [5.74, 6) is 0. The second kappa shape index (κ2) is 4.18. The van der Waals surface area contributed by atoms with E-state index in [1.807, 2.05) is 0 Å². The third kappa shape index (κ3) is 2.54. The summed E-state index contributed by atoms with van der Waals surface area (Å²) in [6, 6.07) is 0. The van der Waals surface area contributed by atoms with E-state index in [9.17, 15) is 4.21 Å². The van der Waals surface area contributed by atoms with Gasteiger partial charge in [-0.2, -0.15) is 0 Å². The zero-order chi connectivity index (χ0) is 8.27. The Hall–Kier alpha value is 0.0700. The van der Waals surface area contributed by atoms with Crippen molar-refractivity contribution in [2.75, 3.05) is 7.11 Å². The zero-order valence-corrected chi connectivity index (χ0v) is 7.60. The molecule has 1 unspecified atom stereocenters. The Labute approximate surface area is 69.9 Å². The summed E-state index contributed by atoms with van der Waals surface area (Å²) in [4.78, 5) is 0. The molecule has 11 heavy (non-hydrogen) atoms. The quantitative estimate of drug-likeness (QED) is 0.670. The van der Waals surface area contributed by atoms with Crippen molar-refractivity contribution in [3.05, 3.63) is 0 Å². The van der Waals surface area contributed by atoms with Crippen molar-refractivity contribution < 1.29 is 8.95 Å². The van der Waals surface area contributed by atoms with Crippen LogP contribution in [0.1, 0.15) is 25.7 Å². The van der Waals surface area contributed by atoms with E-state index in [1.54, 1.807) is 7.11 Å². The lowest BCUT2D eigenvalue weighted by Gasteiger charge is -2.25. The Morgan fingerprint density at radius 1 is 1.36 bits per heavy atom. The molecule has 1 saturated carbocycles. The van der Waals surface area contributed by atoms with Crippen LogP contribution in [0.2, 0.25) is 0 Å². The van der Waals surface area contributed by atoms with Gasteiger partial charge in [-0.15, -0.1) is 0 Å². The van der Waals surface area contributed by atoms with Gasteiger partial charge < -0.3 is 4.74 Å². The first-order chi connectivity index (χ1) is 5.24. The number of rotatable bonds is 2. The molecule has 4 heteroatoms. The molecule has 0 spiro atoms. The van der Waals surface area contributed by atoms with Crippen molar-refractivity contribution in [1.29, 1.82) is 0 Å². The van der Waals surface area contributed by atoms with Gasteiger partial charge in [0, 0.05) is 12.4 Å². The van der Waals surface area contributed by atoms with Gasteiger partial charge in [0.1, 0.15) is 0 Å². The molecule has 3 nitrogen and oxygen atoms in total. The molecule has 0 bridgehead atoms. The molecule has 0 amide bonds. The molecule has 66 valence electrons. The number of ether oxygens (including phenoxy) is 1. The summed E-state index contributed by atoms with van der Waals surface area (Å²) < 4.78 is 16.0. The van der Waals surface area contributed by atoms with E-state index >= 15 is 0 Å². The van der Waals surface area contributed by atoms with E-state index in [0.29, 0.717) is 6.10 Å². The number of hydrogen-bond donors (Lipinski definition) is 1. The Bertz CT molecular complexity index is 143. The lowest BCUT2D eigenvalue weighted by molar-refractivity contribution is 0.0720. The molecular weight excluding hydrogens is 162 g/mol. The molecule has 0 aromatic rings. The largest absolute Gasteiger partial charge is 0.381 e. The average molecular weight is 177 g/mol. The van der Waals surface area contributed by atoms with Gasteiger partial charge in [-0.3, -0.25) is 5.14 Å². The van der Waals surface area contributed by atoms with Crippen LogP contribution in [0, 0.1) is 0 Å². The van der Waals surface area contributed by atoms with Crippen LogP contribution in [0.25, 0.3) is 0 Å². The van der Waals surface area contributed by atoms with E-state index in [0.717, 1.165) is 25.7 Å². The van der Waals surface area contributed by atoms with Crippen molar-refractivity contribution in [2.45, 2.75) is 37.0 Å². The monoisotopic (exact) mass is 177 g/mol. The Kier molecular flexibility index (Phi) is 3.48. The summed E-state index contributed by atoms with van der Waals surface area (Å²) in [6.07, 6.45) is 4.27. The standard InChI is InChI=1S/C7H15NO2S/c1-10-6-2-4-7(5-3-6)11(8)9/h6-7H,2-5,8H2,1H3. The van der Waals surface area contributed by atoms with Gasteiger partial charge in [-0.25, -0.2) is 4.21 Å². The summed E-state index contributed by atoms with van der Waals surface area (Å²) >= 11 is 0. The van der Waals surface area contributed by atoms with Crippen LogP contribution in [-0.2, 0) is 15.7 Å². The van der Waals surface area contributed by atoms with E-state index < -0.39 is 11.0 Å². The first-order valence-corrected chi connectivity index (χ1v) is 5.19. The van der Waals surface area contributed by atoms with E-state index in [2.05, 4.69) is 0 Å². The van der Waals surface area contributed by atoms with Gasteiger partial charge in [0.25, 0.3) is 0 Å². The maximum Gasteiger partial charge on any atom is 0.0919 e. The maximum absolute atomic E-state index is 10.8. The summed E-state index contributed by atoms with van der Waals surface area (Å²) in [5, 5.41) is 5.50. The number of hydrogen-bond acceptors (Lipinski definition) is 2. The molecule has 0 saturated heterocycles. The highest BCUT2D eigenvalue weighted by molar-refractivity contribution is 7.83. The minimum absolute atomic E-state index is 0.210. The molecule has 1 fully saturated rings. The molecule has 1 aliphatic rings. The average Bonchev–Trinajstić information content (AvgIpc) is 2.05. The van der Waals surface area contributed by atoms with Gasteiger partial charge in [0.15, 0.2) is 0 Å². The Morgan fingerprint density at radius 2 is 1.91 bits per heavy atom. The first-order valence-electron chi connectivity index (χ1n) is 3.92. The van der Waals surface area contributed by atoms with E-state index in [1.165, 1.54) is 0 Å². The first kappa shape index (κ1) is 9.16. The van der Waals surface area contributed by atoms with Crippen molar-refractivity contribution >= 4 is 11.0 Å². The van der Waals surface area contributed by atoms with Crippen molar-refractivity contribution in [1.82, 2.24) is 0 Å². The second-order valence-corrected chi connectivity index (χ2v) is 4.29. The fourth-order valence-electron chi connectivity index (χ4n) is 1.50. The van der Waals surface area contributed by atoms with Crippen LogP contribution in [0.4, 0.5) is 0 Å². The van der Waals surface area contributed by atoms with E-state index in [-0.39, 0.29) is 5.25 Å². The third-order valence-electron chi connectivity index (χ3n) is 2.28. The summed E-state index contributed by atoms with van der Waals surface area (Å²) in [5.41, 5.74) is 0. The molecule has 0 heterocycles. The van der Waals surface area contributed by atoms with Gasteiger partial charge in [0.05, 0.1) is 17.1 Å². The topological polar surface area (TPSA) is 52.3 Å². The molecule has 0 radical (unpaired) electrons. The Morgan fingerprint density at radius 3 is 2.27 bits per heavy atom. The zero-order valence-electron chi connectivity index (χ0n) is 6.79. The van der Waals surface area contributed by atoms with Gasteiger partial charge in [-0.1, -0.05) is 0 Å². The molecule has 0 aromatic heterocycles. The minimum atomic E-state index is -1.12. The SMILES string of the molecule is COC1CCC(S(N)=O)CC1. The summed E-state index contributed by atoms with van der Waals surface area (Å²) in [7, 11) is 0.602. The van der Waals surface area contributed by atoms with Gasteiger partial charge in [-0.05, 0) is 25.7 Å². The van der Waals surface area contributed by atoms with Crippen LogP contribution in [0.15, 0.2) is 0 Å². The maximum atomic E-state index is 10.8. The fourth-order valence-corrected chi connectivity index (χ4v) is 2.24. The molecule has 2 N–H and O–H groups in total. The van der Waals surface area contributed by atoms with Crippen LogP contribution in [0.3, 0.4) is 0 Å².